The second-order valence-electron chi connectivity index (χ2n) is 14.2. The Morgan fingerprint density at radius 2 is 1.77 bits per heavy atom. The Labute approximate surface area is 283 Å². The van der Waals surface area contributed by atoms with Crippen LogP contribution in [0.4, 0.5) is 4.39 Å². The van der Waals surface area contributed by atoms with Crippen LogP contribution in [0.2, 0.25) is 0 Å². The van der Waals surface area contributed by atoms with Crippen LogP contribution >= 0.6 is 0 Å². The van der Waals surface area contributed by atoms with E-state index in [1.54, 1.807) is 4.90 Å². The molecule has 0 spiro atoms. The summed E-state index contributed by atoms with van der Waals surface area (Å²) in [5, 5.41) is 7.65. The van der Waals surface area contributed by atoms with Crippen LogP contribution in [0.15, 0.2) is 54.7 Å². The summed E-state index contributed by atoms with van der Waals surface area (Å²) in [5.41, 5.74) is 4.53. The van der Waals surface area contributed by atoms with Gasteiger partial charge in [0.2, 0.25) is 17.7 Å². The predicted molar refractivity (Wildman–Crippen MR) is 186 cm³/mol. The number of hydrogen-bond acceptors (Lipinski definition) is 5. The van der Waals surface area contributed by atoms with Crippen LogP contribution in [0.1, 0.15) is 48.8 Å². The van der Waals surface area contributed by atoms with Crippen molar-refractivity contribution in [3.05, 3.63) is 71.4 Å². The van der Waals surface area contributed by atoms with Crippen molar-refractivity contribution in [2.24, 2.45) is 18.9 Å². The van der Waals surface area contributed by atoms with Crippen LogP contribution in [0, 0.1) is 18.8 Å². The van der Waals surface area contributed by atoms with E-state index in [2.05, 4.69) is 69.5 Å². The van der Waals surface area contributed by atoms with Gasteiger partial charge in [-0.1, -0.05) is 35.9 Å². The van der Waals surface area contributed by atoms with E-state index in [0.717, 1.165) is 55.2 Å². The van der Waals surface area contributed by atoms with Crippen molar-refractivity contribution < 1.29 is 18.8 Å². The molecule has 2 N–H and O–H groups in total. The number of rotatable bonds is 10. The summed E-state index contributed by atoms with van der Waals surface area (Å²) in [6, 6.07) is 15.5. The molecule has 0 saturated carbocycles. The van der Waals surface area contributed by atoms with Gasteiger partial charge in [0.15, 0.2) is 0 Å². The number of carbonyl (C=O) groups excluding carboxylic acids is 3. The number of aromatic nitrogens is 1. The molecule has 48 heavy (non-hydrogen) atoms. The molecule has 0 bridgehead atoms. The number of piperidine rings is 2. The summed E-state index contributed by atoms with van der Waals surface area (Å²) in [6.07, 6.45) is 6.42. The van der Waals surface area contributed by atoms with Gasteiger partial charge in [-0.05, 0) is 92.6 Å². The van der Waals surface area contributed by atoms with E-state index in [9.17, 15) is 18.8 Å². The molecule has 3 saturated heterocycles. The van der Waals surface area contributed by atoms with Gasteiger partial charge in [-0.25, -0.2) is 4.39 Å². The highest BCUT2D eigenvalue weighted by molar-refractivity contribution is 5.94. The van der Waals surface area contributed by atoms with Gasteiger partial charge in [-0.2, -0.15) is 0 Å². The maximum Gasteiger partial charge on any atom is 0.243 e. The zero-order valence-electron chi connectivity index (χ0n) is 28.7. The Bertz CT molecular complexity index is 1580. The van der Waals surface area contributed by atoms with Gasteiger partial charge in [0.25, 0.3) is 0 Å². The molecule has 6 rings (SSSR count). The highest BCUT2D eigenvalue weighted by atomic mass is 19.1. The number of nitrogens with one attached hydrogen (secondary N) is 2. The highest BCUT2D eigenvalue weighted by Gasteiger charge is 2.46. The number of likely N-dealkylation sites (tertiary alicyclic amines) is 2. The van der Waals surface area contributed by atoms with Crippen molar-refractivity contribution >= 4 is 28.6 Å². The molecule has 1 aromatic heterocycles. The molecule has 258 valence electrons. The minimum Gasteiger partial charge on any atom is -0.351 e. The number of nitrogens with zero attached hydrogens (tertiary/aromatic N) is 4. The average Bonchev–Trinajstić information content (AvgIpc) is 3.70. The van der Waals surface area contributed by atoms with Gasteiger partial charge in [0.05, 0.1) is 12.0 Å². The molecular weight excluding hydrogens is 607 g/mol. The molecule has 0 aliphatic carbocycles. The first-order chi connectivity index (χ1) is 23.2. The third-order valence-corrected chi connectivity index (χ3v) is 10.9. The molecule has 2 aromatic carbocycles. The normalized spacial score (nSPS) is 23.8. The molecule has 0 unspecified atom stereocenters. The van der Waals surface area contributed by atoms with E-state index >= 15 is 0 Å². The fourth-order valence-electron chi connectivity index (χ4n) is 8.05. The topological polar surface area (TPSA) is 89.9 Å². The molecular formula is C38H51FN6O3. The molecule has 10 heteroatoms. The van der Waals surface area contributed by atoms with Gasteiger partial charge in [-0.15, -0.1) is 0 Å². The van der Waals surface area contributed by atoms with Crippen LogP contribution < -0.4 is 10.6 Å². The summed E-state index contributed by atoms with van der Waals surface area (Å²) in [4.78, 5) is 48.1. The number of carbonyl (C=O) groups is 3. The van der Waals surface area contributed by atoms with Crippen molar-refractivity contribution in [3.63, 3.8) is 0 Å². The van der Waals surface area contributed by atoms with Gasteiger partial charge in [0, 0.05) is 64.6 Å². The first kappa shape index (κ1) is 34.1. The largest absolute Gasteiger partial charge is 0.351 e. The minimum atomic E-state index is -0.672. The number of hydrogen-bond donors (Lipinski definition) is 2. The second-order valence-corrected chi connectivity index (χ2v) is 14.2. The number of aryl methyl sites for hydroxylation is 2. The molecule has 3 aliphatic rings. The number of alkyl halides is 1. The zero-order valence-corrected chi connectivity index (χ0v) is 28.7. The lowest BCUT2D eigenvalue weighted by Gasteiger charge is -2.41. The van der Waals surface area contributed by atoms with Gasteiger partial charge < -0.3 is 29.9 Å². The molecule has 3 aromatic rings. The average molecular weight is 659 g/mol. The predicted octanol–water partition coefficient (Wildman–Crippen LogP) is 3.82. The monoisotopic (exact) mass is 658 g/mol. The molecule has 3 aliphatic heterocycles. The standard InChI is InChI=1S/C38H51FN6O3/c1-26-6-8-27(9-7-26)21-29-23-34(36(46)41-24-28-10-11-33-30(22-28)12-17-42(33)2)45(25-29)38(48)35-32(5-4-16-40-35)37(47)43(3)31-13-18-44(19-14-31)20-15-39/h6-12,17,22,29,31-32,34-35,40H,4-5,13-16,18-21,23-25H2,1-3H3,(H,41,46)/t29-,32+,34+,35-/m1/s1. The second kappa shape index (κ2) is 15.2. The maximum atomic E-state index is 14.5. The Morgan fingerprint density at radius 1 is 1.02 bits per heavy atom. The first-order valence-corrected chi connectivity index (χ1v) is 17.7. The van der Waals surface area contributed by atoms with Crippen LogP contribution in [0.3, 0.4) is 0 Å². The summed E-state index contributed by atoms with van der Waals surface area (Å²) >= 11 is 0. The number of halogens is 1. The van der Waals surface area contributed by atoms with Crippen LogP contribution in [0.5, 0.6) is 0 Å². The number of amides is 3. The van der Waals surface area contributed by atoms with Crippen molar-refractivity contribution in [3.8, 4) is 0 Å². The summed E-state index contributed by atoms with van der Waals surface area (Å²) < 4.78 is 14.9. The maximum absolute atomic E-state index is 14.5. The van der Waals surface area contributed by atoms with Crippen LogP contribution in [0.25, 0.3) is 10.9 Å². The number of benzene rings is 2. The fourth-order valence-corrected chi connectivity index (χ4v) is 8.05. The van der Waals surface area contributed by atoms with E-state index < -0.39 is 18.0 Å². The van der Waals surface area contributed by atoms with Crippen LogP contribution in [-0.4, -0.2) is 102 Å². The molecule has 3 amide bonds. The highest BCUT2D eigenvalue weighted by Crippen LogP contribution is 2.31. The van der Waals surface area contributed by atoms with Gasteiger partial charge in [0.1, 0.15) is 12.7 Å². The van der Waals surface area contributed by atoms with Crippen molar-refractivity contribution in [2.75, 3.05) is 46.4 Å². The molecule has 4 heterocycles. The number of fused-ring (bicyclic) bond motifs is 1. The summed E-state index contributed by atoms with van der Waals surface area (Å²) in [5.74, 6) is -0.687. The van der Waals surface area contributed by atoms with Crippen molar-refractivity contribution in [1.82, 2.24) is 29.9 Å². The van der Waals surface area contributed by atoms with E-state index in [0.29, 0.717) is 39.0 Å². The molecule has 0 radical (unpaired) electrons. The van der Waals surface area contributed by atoms with E-state index in [1.165, 1.54) is 11.1 Å². The van der Waals surface area contributed by atoms with Gasteiger partial charge in [-0.3, -0.25) is 14.4 Å². The quantitative estimate of drug-likeness (QED) is 0.346. The summed E-state index contributed by atoms with van der Waals surface area (Å²) in [7, 11) is 3.86. The Morgan fingerprint density at radius 3 is 2.52 bits per heavy atom. The summed E-state index contributed by atoms with van der Waals surface area (Å²) in [6.45, 7) is 5.19. The van der Waals surface area contributed by atoms with Crippen molar-refractivity contribution in [2.45, 2.75) is 70.1 Å². The smallest absolute Gasteiger partial charge is 0.243 e. The third-order valence-electron chi connectivity index (χ3n) is 10.9. The van der Waals surface area contributed by atoms with Crippen molar-refractivity contribution in [1.29, 1.82) is 0 Å². The van der Waals surface area contributed by atoms with E-state index in [-0.39, 0.29) is 36.4 Å². The lowest BCUT2D eigenvalue weighted by atomic mass is 9.87. The van der Waals surface area contributed by atoms with Crippen LogP contribution in [-0.2, 0) is 34.4 Å². The third kappa shape index (κ3) is 7.60. The molecule has 3 fully saturated rings. The first-order valence-electron chi connectivity index (χ1n) is 17.7. The minimum absolute atomic E-state index is 0.0165. The van der Waals surface area contributed by atoms with E-state index in [4.69, 9.17) is 0 Å². The SMILES string of the molecule is Cc1ccc(C[C@@H]2C[C@@H](C(=O)NCc3ccc4c(ccn4C)c3)N(C(=O)[C@@H]3NCCC[C@@H]3C(=O)N(C)C3CCN(CCF)CC3)C2)cc1. The Kier molecular flexibility index (Phi) is 10.8. The Balaban J connectivity index is 1.17. The zero-order chi connectivity index (χ0) is 33.8. The fraction of sp³-hybridized carbons (Fsp3) is 0.553. The lowest BCUT2D eigenvalue weighted by molar-refractivity contribution is -0.148. The van der Waals surface area contributed by atoms with E-state index in [1.807, 2.05) is 31.3 Å². The molecule has 4 atom stereocenters. The molecule has 9 nitrogen and oxygen atoms in total. The van der Waals surface area contributed by atoms with Gasteiger partial charge >= 0.3 is 0 Å². The Hall–Kier alpha value is -3.76. The lowest BCUT2D eigenvalue weighted by Crippen LogP contribution is -2.60.